The number of nitrogens with two attached hydrogens (primary N) is 1. The molecule has 1 aromatic carbocycles. The smallest absolute Gasteiger partial charge is 0.408 e. The van der Waals surface area contributed by atoms with Crippen molar-refractivity contribution in [1.29, 1.82) is 0 Å². The highest BCUT2D eigenvalue weighted by Crippen LogP contribution is 2.25. The zero-order chi connectivity index (χ0) is 26.1. The highest BCUT2D eigenvalue weighted by atomic mass is 16.6. The summed E-state index contributed by atoms with van der Waals surface area (Å²) >= 11 is 0. The predicted octanol–water partition coefficient (Wildman–Crippen LogP) is 1.02. The molecule has 0 aliphatic rings. The number of alkyl carbamates (subject to hydrolysis) is 1. The monoisotopic (exact) mass is 478 g/mol. The molecular formula is C23H34N4O7. The maximum Gasteiger partial charge on any atom is 0.408 e. The molecule has 0 aliphatic heterocycles. The first-order chi connectivity index (χ1) is 15.8. The third-order valence-corrected chi connectivity index (χ3v) is 4.48. The third kappa shape index (κ3) is 9.08. The van der Waals surface area contributed by atoms with Crippen molar-refractivity contribution >= 4 is 29.8 Å². The first-order valence-electron chi connectivity index (χ1n) is 10.8. The van der Waals surface area contributed by atoms with Gasteiger partial charge in [-0.2, -0.15) is 0 Å². The van der Waals surface area contributed by atoms with Crippen LogP contribution < -0.4 is 16.4 Å². The van der Waals surface area contributed by atoms with Gasteiger partial charge in [0.1, 0.15) is 24.2 Å². The maximum absolute atomic E-state index is 13.6. The van der Waals surface area contributed by atoms with E-state index in [0.29, 0.717) is 5.56 Å². The van der Waals surface area contributed by atoms with E-state index in [9.17, 15) is 24.0 Å². The second-order valence-electron chi connectivity index (χ2n) is 8.82. The Hall–Kier alpha value is -3.63. The van der Waals surface area contributed by atoms with Crippen molar-refractivity contribution in [3.63, 3.8) is 0 Å². The van der Waals surface area contributed by atoms with Crippen LogP contribution in [0.5, 0.6) is 0 Å². The Kier molecular flexibility index (Phi) is 10.5. The molecule has 188 valence electrons. The van der Waals surface area contributed by atoms with Crippen LogP contribution in [0.15, 0.2) is 30.3 Å². The average molecular weight is 479 g/mol. The predicted molar refractivity (Wildman–Crippen MR) is 123 cm³/mol. The van der Waals surface area contributed by atoms with Crippen molar-refractivity contribution < 1.29 is 33.4 Å². The van der Waals surface area contributed by atoms with E-state index in [1.807, 2.05) is 0 Å². The summed E-state index contributed by atoms with van der Waals surface area (Å²) in [5.74, 6) is -2.86. The van der Waals surface area contributed by atoms with E-state index in [0.717, 1.165) is 0 Å². The lowest BCUT2D eigenvalue weighted by Crippen LogP contribution is -2.56. The molecule has 0 radical (unpaired) electrons. The topological polar surface area (TPSA) is 157 Å². The van der Waals surface area contributed by atoms with Crippen LogP contribution in [0.3, 0.4) is 0 Å². The minimum Gasteiger partial charge on any atom is -0.468 e. The van der Waals surface area contributed by atoms with E-state index < -0.39 is 66.5 Å². The number of rotatable bonds is 10. The van der Waals surface area contributed by atoms with Gasteiger partial charge in [0.15, 0.2) is 0 Å². The summed E-state index contributed by atoms with van der Waals surface area (Å²) in [5.41, 5.74) is 4.94. The van der Waals surface area contributed by atoms with Crippen LogP contribution in [0.2, 0.25) is 0 Å². The molecule has 0 saturated carbocycles. The molecule has 0 fully saturated rings. The number of hydrogen-bond donors (Lipinski definition) is 3. The van der Waals surface area contributed by atoms with E-state index in [1.54, 1.807) is 65.0 Å². The fraction of sp³-hybridized carbons (Fsp3) is 0.522. The SMILES string of the molecule is COC(=O)CNC(=O)C(c1ccccc1)N(C(=O)C(CC(N)=O)NC(=O)OC(C)(C)C)C(C)C. The number of methoxy groups -OCH3 is 1. The van der Waals surface area contributed by atoms with Gasteiger partial charge in [-0.1, -0.05) is 30.3 Å². The van der Waals surface area contributed by atoms with Crippen molar-refractivity contribution in [2.75, 3.05) is 13.7 Å². The number of nitrogens with one attached hydrogen (secondary N) is 2. The van der Waals surface area contributed by atoms with Gasteiger partial charge in [-0.3, -0.25) is 19.2 Å². The number of carbonyl (C=O) groups excluding carboxylic acids is 5. The van der Waals surface area contributed by atoms with Crippen molar-refractivity contribution in [3.8, 4) is 0 Å². The molecule has 34 heavy (non-hydrogen) atoms. The van der Waals surface area contributed by atoms with Crippen LogP contribution >= 0.6 is 0 Å². The Morgan fingerprint density at radius 3 is 2.12 bits per heavy atom. The Morgan fingerprint density at radius 2 is 1.65 bits per heavy atom. The van der Waals surface area contributed by atoms with Crippen molar-refractivity contribution in [3.05, 3.63) is 35.9 Å². The molecule has 2 unspecified atom stereocenters. The van der Waals surface area contributed by atoms with Crippen LogP contribution in [0.25, 0.3) is 0 Å². The zero-order valence-corrected chi connectivity index (χ0v) is 20.4. The van der Waals surface area contributed by atoms with E-state index in [1.165, 1.54) is 12.0 Å². The Labute approximate surface area is 199 Å². The number of benzene rings is 1. The molecule has 1 aromatic rings. The van der Waals surface area contributed by atoms with Crippen LogP contribution in [0.1, 0.15) is 52.6 Å². The lowest BCUT2D eigenvalue weighted by molar-refractivity contribution is -0.146. The molecule has 0 aliphatic carbocycles. The number of esters is 1. The first-order valence-corrected chi connectivity index (χ1v) is 10.8. The Balaban J connectivity index is 3.38. The maximum atomic E-state index is 13.6. The molecule has 11 nitrogen and oxygen atoms in total. The van der Waals surface area contributed by atoms with Gasteiger partial charge in [0.25, 0.3) is 0 Å². The van der Waals surface area contributed by atoms with Crippen LogP contribution in [-0.2, 0) is 28.7 Å². The van der Waals surface area contributed by atoms with Crippen molar-refractivity contribution in [2.45, 2.75) is 64.8 Å². The summed E-state index contributed by atoms with van der Waals surface area (Å²) in [6, 6.07) is 5.33. The highest BCUT2D eigenvalue weighted by Gasteiger charge is 2.38. The molecule has 0 aromatic heterocycles. The Bertz CT molecular complexity index is 881. The summed E-state index contributed by atoms with van der Waals surface area (Å²) in [5, 5.41) is 4.85. The molecule has 0 saturated heterocycles. The van der Waals surface area contributed by atoms with E-state index in [-0.39, 0.29) is 0 Å². The van der Waals surface area contributed by atoms with Crippen LogP contribution in [0, 0.1) is 0 Å². The third-order valence-electron chi connectivity index (χ3n) is 4.48. The molecular weight excluding hydrogens is 444 g/mol. The zero-order valence-electron chi connectivity index (χ0n) is 20.4. The number of carbonyl (C=O) groups is 5. The van der Waals surface area contributed by atoms with Crippen LogP contribution in [-0.4, -0.2) is 66.0 Å². The first kappa shape index (κ1) is 28.4. The number of primary amides is 1. The van der Waals surface area contributed by atoms with Gasteiger partial charge in [0, 0.05) is 6.04 Å². The van der Waals surface area contributed by atoms with Crippen molar-refractivity contribution in [1.82, 2.24) is 15.5 Å². The molecule has 0 bridgehead atoms. The quantitative estimate of drug-likeness (QED) is 0.424. The van der Waals surface area contributed by atoms with Crippen molar-refractivity contribution in [2.24, 2.45) is 5.73 Å². The second-order valence-corrected chi connectivity index (χ2v) is 8.82. The number of ether oxygens (including phenoxy) is 2. The van der Waals surface area contributed by atoms with Gasteiger partial charge >= 0.3 is 12.1 Å². The fourth-order valence-corrected chi connectivity index (χ4v) is 3.11. The van der Waals surface area contributed by atoms with Gasteiger partial charge in [0.05, 0.1) is 13.5 Å². The lowest BCUT2D eigenvalue weighted by atomic mass is 10.0. The molecule has 4 N–H and O–H groups in total. The highest BCUT2D eigenvalue weighted by molar-refractivity contribution is 5.95. The van der Waals surface area contributed by atoms with E-state index >= 15 is 0 Å². The number of hydrogen-bond acceptors (Lipinski definition) is 7. The molecule has 4 amide bonds. The minimum atomic E-state index is -1.38. The fourth-order valence-electron chi connectivity index (χ4n) is 3.11. The van der Waals surface area contributed by atoms with Gasteiger partial charge in [0.2, 0.25) is 17.7 Å². The van der Waals surface area contributed by atoms with Gasteiger partial charge in [-0.05, 0) is 40.2 Å². The normalized spacial score (nSPS) is 12.8. The Morgan fingerprint density at radius 1 is 1.06 bits per heavy atom. The van der Waals surface area contributed by atoms with E-state index in [4.69, 9.17) is 10.5 Å². The number of nitrogens with zero attached hydrogens (tertiary/aromatic N) is 1. The molecule has 11 heteroatoms. The summed E-state index contributed by atoms with van der Waals surface area (Å²) in [4.78, 5) is 63.6. The summed E-state index contributed by atoms with van der Waals surface area (Å²) < 4.78 is 9.77. The van der Waals surface area contributed by atoms with Gasteiger partial charge in [-0.25, -0.2) is 4.79 Å². The summed E-state index contributed by atoms with van der Waals surface area (Å²) in [7, 11) is 1.18. The van der Waals surface area contributed by atoms with Crippen LogP contribution in [0.4, 0.5) is 4.79 Å². The lowest BCUT2D eigenvalue weighted by Gasteiger charge is -2.37. The largest absolute Gasteiger partial charge is 0.468 e. The molecule has 0 heterocycles. The molecule has 0 spiro atoms. The molecule has 2 atom stereocenters. The van der Waals surface area contributed by atoms with Gasteiger partial charge in [-0.15, -0.1) is 0 Å². The van der Waals surface area contributed by atoms with Gasteiger partial charge < -0.3 is 30.7 Å². The summed E-state index contributed by atoms with van der Waals surface area (Å²) in [6.07, 6.45) is -1.42. The second kappa shape index (κ2) is 12.6. The molecule has 1 rings (SSSR count). The minimum absolute atomic E-state index is 0.403. The average Bonchev–Trinajstić information content (AvgIpc) is 2.73. The number of amides is 4. The summed E-state index contributed by atoms with van der Waals surface area (Å²) in [6.45, 7) is 7.89. The standard InChI is InChI=1S/C23H34N4O7/c1-14(2)27(21(31)16(12-17(24)28)26-22(32)34-23(3,4)5)19(15-10-8-7-9-11-15)20(30)25-13-18(29)33-6/h7-11,14,16,19H,12-13H2,1-6H3,(H2,24,28)(H,25,30)(H,26,32). The van der Waals surface area contributed by atoms with E-state index in [2.05, 4.69) is 15.4 Å².